The molecule has 1 aliphatic rings. The SMILES string of the molecule is CCOC(=O)[C@]1(Cc2ccccc2)CN(C(=O)OC(C)(C)C)CCC1=O. The average molecular weight is 361 g/mol. The standard InChI is InChI=1S/C20H27NO5/c1-5-25-17(23)20(13-15-9-7-6-8-10-15)14-21(12-11-16(20)22)18(24)26-19(2,3)4/h6-10H,5,11-14H2,1-4H3/t20-/m1/s1. The fourth-order valence-corrected chi connectivity index (χ4v) is 3.07. The number of esters is 1. The summed E-state index contributed by atoms with van der Waals surface area (Å²) in [4.78, 5) is 39.5. The molecular formula is C20H27NO5. The van der Waals surface area contributed by atoms with Crippen molar-refractivity contribution < 1.29 is 23.9 Å². The van der Waals surface area contributed by atoms with Crippen LogP contribution in [0.15, 0.2) is 30.3 Å². The Bertz CT molecular complexity index is 665. The highest BCUT2D eigenvalue weighted by Crippen LogP contribution is 2.33. The fourth-order valence-electron chi connectivity index (χ4n) is 3.07. The lowest BCUT2D eigenvalue weighted by atomic mass is 9.74. The van der Waals surface area contributed by atoms with Crippen molar-refractivity contribution in [2.24, 2.45) is 5.41 Å². The Morgan fingerprint density at radius 1 is 1.19 bits per heavy atom. The summed E-state index contributed by atoms with van der Waals surface area (Å²) in [6.07, 6.45) is -0.220. The monoisotopic (exact) mass is 361 g/mol. The zero-order chi connectivity index (χ0) is 19.4. The third-order valence-corrected chi connectivity index (χ3v) is 4.27. The van der Waals surface area contributed by atoms with Crippen molar-refractivity contribution in [1.82, 2.24) is 4.90 Å². The summed E-state index contributed by atoms with van der Waals surface area (Å²) in [6.45, 7) is 7.42. The van der Waals surface area contributed by atoms with Gasteiger partial charge in [-0.1, -0.05) is 30.3 Å². The molecule has 6 nitrogen and oxygen atoms in total. The first-order valence-electron chi connectivity index (χ1n) is 8.90. The number of benzene rings is 1. The van der Waals surface area contributed by atoms with E-state index >= 15 is 0 Å². The summed E-state index contributed by atoms with van der Waals surface area (Å²) in [5, 5.41) is 0. The number of likely N-dealkylation sites (tertiary alicyclic amines) is 1. The molecule has 1 fully saturated rings. The first kappa shape index (κ1) is 19.9. The van der Waals surface area contributed by atoms with Crippen molar-refractivity contribution >= 4 is 17.8 Å². The first-order chi connectivity index (χ1) is 12.2. The Morgan fingerprint density at radius 3 is 2.42 bits per heavy atom. The number of carbonyl (C=O) groups is 3. The summed E-state index contributed by atoms with van der Waals surface area (Å²) >= 11 is 0. The van der Waals surface area contributed by atoms with E-state index in [9.17, 15) is 14.4 Å². The molecule has 1 aliphatic heterocycles. The topological polar surface area (TPSA) is 72.9 Å². The van der Waals surface area contributed by atoms with Crippen molar-refractivity contribution in [2.45, 2.75) is 46.1 Å². The molecule has 0 aromatic heterocycles. The molecule has 1 amide bonds. The van der Waals surface area contributed by atoms with Crippen LogP contribution in [-0.2, 0) is 25.5 Å². The molecule has 26 heavy (non-hydrogen) atoms. The van der Waals surface area contributed by atoms with Gasteiger partial charge in [-0.25, -0.2) is 4.79 Å². The van der Waals surface area contributed by atoms with Gasteiger partial charge < -0.3 is 14.4 Å². The van der Waals surface area contributed by atoms with Crippen LogP contribution in [0.3, 0.4) is 0 Å². The molecule has 0 N–H and O–H groups in total. The van der Waals surface area contributed by atoms with Gasteiger partial charge in [0.2, 0.25) is 0 Å². The van der Waals surface area contributed by atoms with Gasteiger partial charge in [0.05, 0.1) is 6.61 Å². The number of piperidine rings is 1. The second-order valence-electron chi connectivity index (χ2n) is 7.54. The highest BCUT2D eigenvalue weighted by molar-refractivity contribution is 6.05. The molecule has 0 bridgehead atoms. The van der Waals surface area contributed by atoms with Crippen molar-refractivity contribution in [3.63, 3.8) is 0 Å². The lowest BCUT2D eigenvalue weighted by Crippen LogP contribution is -2.57. The van der Waals surface area contributed by atoms with Crippen LogP contribution in [-0.4, -0.2) is 48.0 Å². The van der Waals surface area contributed by atoms with E-state index in [0.29, 0.717) is 0 Å². The van der Waals surface area contributed by atoms with Crippen molar-refractivity contribution in [2.75, 3.05) is 19.7 Å². The minimum atomic E-state index is -1.40. The van der Waals surface area contributed by atoms with E-state index in [4.69, 9.17) is 9.47 Å². The van der Waals surface area contributed by atoms with Gasteiger partial charge in [0.1, 0.15) is 11.0 Å². The molecule has 0 saturated carbocycles. The van der Waals surface area contributed by atoms with Crippen LogP contribution in [0.5, 0.6) is 0 Å². The van der Waals surface area contributed by atoms with Crippen LogP contribution < -0.4 is 0 Å². The fraction of sp³-hybridized carbons (Fsp3) is 0.550. The molecule has 1 aromatic carbocycles. The third kappa shape index (κ3) is 4.62. The summed E-state index contributed by atoms with van der Waals surface area (Å²) in [7, 11) is 0. The Hall–Kier alpha value is -2.37. The number of carbonyl (C=O) groups excluding carboxylic acids is 3. The maximum absolute atomic E-state index is 12.8. The Labute approximate surface area is 154 Å². The van der Waals surface area contributed by atoms with Crippen LogP contribution in [0.4, 0.5) is 4.79 Å². The number of Topliss-reactive ketones (excluding diaryl/α,β-unsaturated/α-hetero) is 1. The smallest absolute Gasteiger partial charge is 0.410 e. The number of ketones is 1. The summed E-state index contributed by atoms with van der Waals surface area (Å²) < 4.78 is 10.6. The van der Waals surface area contributed by atoms with Gasteiger partial charge in [-0.15, -0.1) is 0 Å². The molecule has 1 atom stereocenters. The molecule has 0 aliphatic carbocycles. The van der Waals surface area contributed by atoms with Gasteiger partial charge in [0.15, 0.2) is 5.78 Å². The Kier molecular flexibility index (Phi) is 6.05. The molecule has 6 heteroatoms. The second kappa shape index (κ2) is 7.89. The predicted molar refractivity (Wildman–Crippen MR) is 96.6 cm³/mol. The van der Waals surface area contributed by atoms with Crippen LogP contribution in [0.1, 0.15) is 39.7 Å². The highest BCUT2D eigenvalue weighted by Gasteiger charge is 2.51. The molecule has 2 rings (SSSR count). The molecule has 142 valence electrons. The lowest BCUT2D eigenvalue weighted by molar-refractivity contribution is -0.163. The maximum atomic E-state index is 12.8. The van der Waals surface area contributed by atoms with E-state index in [1.165, 1.54) is 4.90 Å². The summed E-state index contributed by atoms with van der Waals surface area (Å²) in [5.74, 6) is -0.776. The molecular weight excluding hydrogens is 334 g/mol. The van der Waals surface area contributed by atoms with Crippen LogP contribution >= 0.6 is 0 Å². The number of ether oxygens (including phenoxy) is 2. The summed E-state index contributed by atoms with van der Waals surface area (Å²) in [6, 6.07) is 9.30. The van der Waals surface area contributed by atoms with Crippen molar-refractivity contribution in [3.05, 3.63) is 35.9 Å². The van der Waals surface area contributed by atoms with Gasteiger partial charge in [-0.05, 0) is 39.7 Å². The molecule has 0 radical (unpaired) electrons. The molecule has 0 spiro atoms. The number of nitrogens with zero attached hydrogens (tertiary/aromatic N) is 1. The number of hydrogen-bond donors (Lipinski definition) is 0. The third-order valence-electron chi connectivity index (χ3n) is 4.27. The van der Waals surface area contributed by atoms with Gasteiger partial charge in [-0.3, -0.25) is 9.59 Å². The highest BCUT2D eigenvalue weighted by atomic mass is 16.6. The van der Waals surface area contributed by atoms with Crippen LogP contribution in [0.25, 0.3) is 0 Å². The first-order valence-corrected chi connectivity index (χ1v) is 8.90. The van der Waals surface area contributed by atoms with E-state index in [0.717, 1.165) is 5.56 Å². The maximum Gasteiger partial charge on any atom is 0.410 e. The normalized spacial score (nSPS) is 20.6. The number of hydrogen-bond acceptors (Lipinski definition) is 5. The van der Waals surface area contributed by atoms with Crippen molar-refractivity contribution in [3.8, 4) is 0 Å². The summed E-state index contributed by atoms with van der Waals surface area (Å²) in [5.41, 5.74) is -1.20. The van der Waals surface area contributed by atoms with Crippen molar-refractivity contribution in [1.29, 1.82) is 0 Å². The van der Waals surface area contributed by atoms with Gasteiger partial charge >= 0.3 is 12.1 Å². The van der Waals surface area contributed by atoms with E-state index in [1.807, 2.05) is 30.3 Å². The number of rotatable bonds is 4. The lowest BCUT2D eigenvalue weighted by Gasteiger charge is -2.40. The average Bonchev–Trinajstić information content (AvgIpc) is 2.56. The van der Waals surface area contributed by atoms with E-state index in [1.54, 1.807) is 27.7 Å². The largest absolute Gasteiger partial charge is 0.465 e. The van der Waals surface area contributed by atoms with E-state index in [2.05, 4.69) is 0 Å². The molecule has 1 aromatic rings. The Morgan fingerprint density at radius 2 is 1.85 bits per heavy atom. The minimum absolute atomic E-state index is 0.0333. The van der Waals surface area contributed by atoms with Crippen LogP contribution in [0.2, 0.25) is 0 Å². The predicted octanol–water partition coefficient (Wildman–Crippen LogP) is 2.99. The Balaban J connectivity index is 2.32. The van der Waals surface area contributed by atoms with E-state index in [-0.39, 0.29) is 38.3 Å². The molecule has 1 heterocycles. The van der Waals surface area contributed by atoms with E-state index < -0.39 is 23.1 Å². The number of amides is 1. The zero-order valence-corrected chi connectivity index (χ0v) is 15.9. The minimum Gasteiger partial charge on any atom is -0.465 e. The zero-order valence-electron chi connectivity index (χ0n) is 15.9. The van der Waals surface area contributed by atoms with Gasteiger partial charge in [0.25, 0.3) is 0 Å². The molecule has 0 unspecified atom stereocenters. The van der Waals surface area contributed by atoms with Gasteiger partial charge in [-0.2, -0.15) is 0 Å². The quantitative estimate of drug-likeness (QED) is 0.609. The van der Waals surface area contributed by atoms with Gasteiger partial charge in [0, 0.05) is 19.5 Å². The van der Waals surface area contributed by atoms with Crippen LogP contribution in [0, 0.1) is 5.41 Å². The molecule has 1 saturated heterocycles. The second-order valence-corrected chi connectivity index (χ2v) is 7.54.